The summed E-state index contributed by atoms with van der Waals surface area (Å²) in [5, 5.41) is 8.02. The third-order valence-corrected chi connectivity index (χ3v) is 4.81. The average molecular weight is 463 g/mol. The van der Waals surface area contributed by atoms with Gasteiger partial charge >= 0.3 is 0 Å². The monoisotopic (exact) mass is 463 g/mol. The van der Waals surface area contributed by atoms with Crippen molar-refractivity contribution in [2.75, 3.05) is 38.5 Å². The van der Waals surface area contributed by atoms with Crippen LogP contribution in [0.25, 0.3) is 0 Å². The number of nitrogens with one attached hydrogen (secondary N) is 3. The first kappa shape index (κ1) is 24.1. The van der Waals surface area contributed by atoms with Gasteiger partial charge in [-0.15, -0.1) is 0 Å². The zero-order valence-electron chi connectivity index (χ0n) is 19.0. The number of hydrogen-bond acceptors (Lipinski definition) is 6. The van der Waals surface area contributed by atoms with E-state index in [0.717, 1.165) is 0 Å². The number of carbonyl (C=O) groups excluding carboxylic acids is 3. The number of methoxy groups -OCH3 is 2. The van der Waals surface area contributed by atoms with E-state index in [1.165, 1.54) is 32.4 Å². The van der Waals surface area contributed by atoms with Gasteiger partial charge in [-0.25, -0.2) is 0 Å². The Hall–Kier alpha value is -4.53. The average Bonchev–Trinajstić information content (AvgIpc) is 2.87. The highest BCUT2D eigenvalue weighted by molar-refractivity contribution is 6.12. The molecular weight excluding hydrogens is 438 g/mol. The Kier molecular flexibility index (Phi) is 8.07. The number of amides is 3. The Balaban J connectivity index is 1.76. The van der Waals surface area contributed by atoms with Crippen LogP contribution in [-0.4, -0.2) is 45.6 Å². The lowest BCUT2D eigenvalue weighted by Crippen LogP contribution is -2.25. The van der Waals surface area contributed by atoms with Crippen LogP contribution in [0.4, 0.5) is 11.4 Å². The molecule has 0 bridgehead atoms. The number of likely N-dealkylation sites (N-methyl/N-ethyl adjacent to an activating group) is 1. The van der Waals surface area contributed by atoms with E-state index in [2.05, 4.69) is 16.0 Å². The molecule has 0 aliphatic heterocycles. The maximum absolute atomic E-state index is 12.9. The molecule has 0 radical (unpaired) electrons. The number of carbonyl (C=O) groups is 3. The fourth-order valence-corrected chi connectivity index (χ4v) is 3.03. The molecule has 3 amide bonds. The van der Waals surface area contributed by atoms with Gasteiger partial charge in [-0.05, 0) is 42.5 Å². The molecule has 0 atom stereocenters. The Morgan fingerprint density at radius 2 is 1.59 bits per heavy atom. The number of hydrogen-bond donors (Lipinski definition) is 3. The van der Waals surface area contributed by atoms with Crippen LogP contribution in [-0.2, 0) is 4.79 Å². The minimum absolute atomic E-state index is 0.186. The number of ether oxygens (including phenoxy) is 3. The number of rotatable bonds is 9. The van der Waals surface area contributed by atoms with Crippen LogP contribution in [0.1, 0.15) is 20.7 Å². The van der Waals surface area contributed by atoms with Crippen LogP contribution in [0, 0.1) is 0 Å². The van der Waals surface area contributed by atoms with Crippen molar-refractivity contribution in [1.29, 1.82) is 0 Å². The third-order valence-electron chi connectivity index (χ3n) is 4.81. The molecule has 3 rings (SSSR count). The maximum atomic E-state index is 12.9. The van der Waals surface area contributed by atoms with Crippen molar-refractivity contribution in [3.8, 4) is 17.2 Å². The van der Waals surface area contributed by atoms with Gasteiger partial charge in [0.05, 0.1) is 25.5 Å². The van der Waals surface area contributed by atoms with E-state index >= 15 is 0 Å². The van der Waals surface area contributed by atoms with Crippen LogP contribution in [0.15, 0.2) is 66.7 Å². The lowest BCUT2D eigenvalue weighted by atomic mass is 10.1. The van der Waals surface area contributed by atoms with Gasteiger partial charge in [-0.3, -0.25) is 14.4 Å². The van der Waals surface area contributed by atoms with E-state index in [0.29, 0.717) is 28.6 Å². The van der Waals surface area contributed by atoms with E-state index in [9.17, 15) is 14.4 Å². The van der Waals surface area contributed by atoms with Crippen LogP contribution in [0.2, 0.25) is 0 Å². The Labute approximate surface area is 197 Å². The third kappa shape index (κ3) is 6.04. The summed E-state index contributed by atoms with van der Waals surface area (Å²) in [5.74, 6) is 0.0857. The van der Waals surface area contributed by atoms with E-state index in [1.54, 1.807) is 55.6 Å². The van der Waals surface area contributed by atoms with Crippen LogP contribution >= 0.6 is 0 Å². The van der Waals surface area contributed by atoms with Crippen molar-refractivity contribution in [3.05, 3.63) is 77.9 Å². The molecule has 34 heavy (non-hydrogen) atoms. The van der Waals surface area contributed by atoms with Gasteiger partial charge in [-0.1, -0.05) is 18.2 Å². The molecule has 0 saturated heterocycles. The van der Waals surface area contributed by atoms with E-state index < -0.39 is 5.91 Å². The molecule has 0 spiro atoms. The number of para-hydroxylation sites is 1. The fraction of sp³-hybridized carbons (Fsp3) is 0.160. The van der Waals surface area contributed by atoms with Crippen molar-refractivity contribution in [2.45, 2.75) is 0 Å². The maximum Gasteiger partial charge on any atom is 0.257 e. The van der Waals surface area contributed by atoms with Crippen molar-refractivity contribution in [3.63, 3.8) is 0 Å². The molecule has 0 aromatic heterocycles. The van der Waals surface area contributed by atoms with Gasteiger partial charge in [-0.2, -0.15) is 0 Å². The summed E-state index contributed by atoms with van der Waals surface area (Å²) in [4.78, 5) is 37.2. The highest BCUT2D eigenvalue weighted by Gasteiger charge is 2.16. The zero-order chi connectivity index (χ0) is 24.5. The summed E-state index contributed by atoms with van der Waals surface area (Å²) in [6.07, 6.45) is 0. The summed E-state index contributed by atoms with van der Waals surface area (Å²) < 4.78 is 15.9. The predicted octanol–water partition coefficient (Wildman–Crippen LogP) is 3.33. The molecule has 0 aliphatic rings. The van der Waals surface area contributed by atoms with Crippen LogP contribution < -0.4 is 30.2 Å². The smallest absolute Gasteiger partial charge is 0.257 e. The molecule has 0 unspecified atom stereocenters. The topological polar surface area (TPSA) is 115 Å². The van der Waals surface area contributed by atoms with Gasteiger partial charge in [0.15, 0.2) is 18.1 Å². The van der Waals surface area contributed by atoms with Crippen molar-refractivity contribution in [1.82, 2.24) is 5.32 Å². The van der Waals surface area contributed by atoms with Crippen molar-refractivity contribution in [2.24, 2.45) is 0 Å². The molecule has 9 nitrogen and oxygen atoms in total. The quantitative estimate of drug-likeness (QED) is 0.448. The van der Waals surface area contributed by atoms with E-state index in [-0.39, 0.29) is 29.5 Å². The molecule has 0 saturated carbocycles. The highest BCUT2D eigenvalue weighted by atomic mass is 16.5. The van der Waals surface area contributed by atoms with E-state index in [4.69, 9.17) is 14.2 Å². The standard InChI is InChI=1S/C25H25N3O6/c1-26-23(29)15-34-21-12-11-16(13-22(21)33-3)24(30)28-20-10-5-4-9-19(20)25(31)27-17-7-6-8-18(14-17)32-2/h4-14H,15H2,1-3H3,(H,26,29)(H,27,31)(H,28,30). The van der Waals surface area contributed by atoms with Gasteiger partial charge in [0.2, 0.25) is 0 Å². The summed E-state index contributed by atoms with van der Waals surface area (Å²) in [6.45, 7) is -0.186. The Bertz CT molecular complexity index is 1190. The number of anilines is 2. The second-order valence-electron chi connectivity index (χ2n) is 7.01. The van der Waals surface area contributed by atoms with Crippen LogP contribution in [0.5, 0.6) is 17.2 Å². The Morgan fingerprint density at radius 1 is 0.794 bits per heavy atom. The summed E-state index contributed by atoms with van der Waals surface area (Å²) >= 11 is 0. The minimum atomic E-state index is -0.446. The first-order valence-electron chi connectivity index (χ1n) is 10.3. The zero-order valence-corrected chi connectivity index (χ0v) is 19.0. The van der Waals surface area contributed by atoms with Gasteiger partial charge in [0.1, 0.15) is 5.75 Å². The van der Waals surface area contributed by atoms with Gasteiger partial charge < -0.3 is 30.2 Å². The lowest BCUT2D eigenvalue weighted by molar-refractivity contribution is -0.122. The molecule has 9 heteroatoms. The first-order chi connectivity index (χ1) is 16.4. The summed E-state index contributed by atoms with van der Waals surface area (Å²) in [5.41, 5.74) is 1.47. The lowest BCUT2D eigenvalue weighted by Gasteiger charge is -2.14. The van der Waals surface area contributed by atoms with Gasteiger partial charge in [0.25, 0.3) is 17.7 Å². The summed E-state index contributed by atoms with van der Waals surface area (Å²) in [6, 6.07) is 18.2. The van der Waals surface area contributed by atoms with Crippen molar-refractivity contribution >= 4 is 29.1 Å². The molecule has 176 valence electrons. The molecule has 3 aromatic carbocycles. The van der Waals surface area contributed by atoms with Gasteiger partial charge in [0, 0.05) is 24.4 Å². The summed E-state index contributed by atoms with van der Waals surface area (Å²) in [7, 11) is 4.48. The van der Waals surface area contributed by atoms with Crippen molar-refractivity contribution < 1.29 is 28.6 Å². The number of benzene rings is 3. The minimum Gasteiger partial charge on any atom is -0.497 e. The Morgan fingerprint density at radius 3 is 2.32 bits per heavy atom. The molecular formula is C25H25N3O6. The fourth-order valence-electron chi connectivity index (χ4n) is 3.03. The SMILES string of the molecule is CNC(=O)COc1ccc(C(=O)Nc2ccccc2C(=O)Nc2cccc(OC)c2)cc1OC. The predicted molar refractivity (Wildman–Crippen MR) is 128 cm³/mol. The largest absolute Gasteiger partial charge is 0.497 e. The molecule has 3 aromatic rings. The van der Waals surface area contributed by atoms with E-state index in [1.807, 2.05) is 0 Å². The normalized spacial score (nSPS) is 10.1. The van der Waals surface area contributed by atoms with Crippen LogP contribution in [0.3, 0.4) is 0 Å². The second kappa shape index (κ2) is 11.4. The molecule has 3 N–H and O–H groups in total. The second-order valence-corrected chi connectivity index (χ2v) is 7.01. The molecule has 0 aliphatic carbocycles. The molecule has 0 heterocycles. The highest BCUT2D eigenvalue weighted by Crippen LogP contribution is 2.29. The molecule has 0 fully saturated rings. The first-order valence-corrected chi connectivity index (χ1v) is 10.3.